The van der Waals surface area contributed by atoms with Crippen LogP contribution in [0.4, 0.5) is 4.79 Å². The second-order valence-electron chi connectivity index (χ2n) is 13.6. The van der Waals surface area contributed by atoms with Crippen LogP contribution in [0.5, 0.6) is 5.75 Å². The number of hydrogen-bond acceptors (Lipinski definition) is 8. The maximum atomic E-state index is 14.4. The molecule has 45 heavy (non-hydrogen) atoms. The van der Waals surface area contributed by atoms with Gasteiger partial charge in [-0.3, -0.25) is 9.59 Å². The highest BCUT2D eigenvalue weighted by atomic mass is 16.6. The van der Waals surface area contributed by atoms with Crippen LogP contribution >= 0.6 is 0 Å². The lowest BCUT2D eigenvalue weighted by molar-refractivity contribution is -0.159. The van der Waals surface area contributed by atoms with Gasteiger partial charge in [0.15, 0.2) is 0 Å². The summed E-state index contributed by atoms with van der Waals surface area (Å²) in [6, 6.07) is 9.54. The van der Waals surface area contributed by atoms with Gasteiger partial charge in [-0.1, -0.05) is 55.5 Å². The van der Waals surface area contributed by atoms with Gasteiger partial charge in [-0.05, 0) is 71.9 Å². The molecule has 3 amide bonds. The Morgan fingerprint density at radius 3 is 2.04 bits per heavy atom. The summed E-state index contributed by atoms with van der Waals surface area (Å²) in [5.74, 6) is -2.34. The zero-order chi connectivity index (χ0) is 33.7. The first-order valence-corrected chi connectivity index (χ1v) is 15.2. The molecule has 0 heterocycles. The average molecular weight is 626 g/mol. The van der Waals surface area contributed by atoms with Crippen molar-refractivity contribution in [1.82, 2.24) is 15.5 Å². The molecule has 0 saturated heterocycles. The Labute approximate surface area is 265 Å². The number of amides is 3. The lowest BCUT2D eigenvalue weighted by Crippen LogP contribution is -2.56. The van der Waals surface area contributed by atoms with E-state index in [9.17, 15) is 29.4 Å². The predicted octanol–water partition coefficient (Wildman–Crippen LogP) is 3.93. The molecule has 11 heteroatoms. The van der Waals surface area contributed by atoms with Crippen LogP contribution in [0.3, 0.4) is 0 Å². The molecule has 0 bridgehead atoms. The number of aliphatic hydroxyl groups excluding tert-OH is 1. The highest BCUT2D eigenvalue weighted by Gasteiger charge is 2.49. The Bertz CT molecular complexity index is 1370. The first-order valence-electron chi connectivity index (χ1n) is 15.2. The van der Waals surface area contributed by atoms with E-state index in [1.165, 1.54) is 11.0 Å². The average Bonchev–Trinajstić information content (AvgIpc) is 3.65. The first kappa shape index (κ1) is 35.4. The lowest BCUT2D eigenvalue weighted by Gasteiger charge is -2.35. The van der Waals surface area contributed by atoms with E-state index >= 15 is 0 Å². The highest BCUT2D eigenvalue weighted by Crippen LogP contribution is 2.43. The molecular weight excluding hydrogens is 578 g/mol. The van der Waals surface area contributed by atoms with Crippen molar-refractivity contribution in [2.24, 2.45) is 5.92 Å². The van der Waals surface area contributed by atoms with E-state index in [0.717, 1.165) is 5.56 Å². The number of phenols is 1. The van der Waals surface area contributed by atoms with Crippen molar-refractivity contribution in [3.05, 3.63) is 65.2 Å². The number of esters is 1. The number of hydrogen-bond donors (Lipinski definition) is 4. The van der Waals surface area contributed by atoms with Crippen LogP contribution in [0.2, 0.25) is 0 Å². The number of nitrogens with one attached hydrogen (secondary N) is 2. The fraction of sp³-hybridized carbons (Fsp3) is 0.529. The van der Waals surface area contributed by atoms with E-state index in [4.69, 9.17) is 9.47 Å². The second-order valence-corrected chi connectivity index (χ2v) is 13.6. The number of carbonyl (C=O) groups is 4. The number of nitrogens with zero attached hydrogens (tertiary/aromatic N) is 1. The van der Waals surface area contributed by atoms with Gasteiger partial charge in [-0.2, -0.15) is 0 Å². The molecule has 2 aromatic rings. The zero-order valence-corrected chi connectivity index (χ0v) is 27.4. The molecule has 1 fully saturated rings. The predicted molar refractivity (Wildman–Crippen MR) is 168 cm³/mol. The number of rotatable bonds is 11. The largest absolute Gasteiger partial charge is 0.507 e. The van der Waals surface area contributed by atoms with Crippen molar-refractivity contribution in [1.29, 1.82) is 0 Å². The van der Waals surface area contributed by atoms with Crippen molar-refractivity contribution in [3.63, 3.8) is 0 Å². The monoisotopic (exact) mass is 625 g/mol. The van der Waals surface area contributed by atoms with E-state index in [1.54, 1.807) is 60.6 Å². The maximum Gasteiger partial charge on any atom is 0.408 e. The number of alkyl carbamates (subject to hydrolysis) is 1. The molecule has 4 N–H and O–H groups in total. The number of phenolic OH excluding ortho intramolecular Hbond substituents is 1. The van der Waals surface area contributed by atoms with Crippen LogP contribution in [0, 0.1) is 12.8 Å². The van der Waals surface area contributed by atoms with E-state index in [0.29, 0.717) is 12.0 Å². The Morgan fingerprint density at radius 1 is 0.911 bits per heavy atom. The molecule has 0 spiro atoms. The minimum atomic E-state index is -1.44. The van der Waals surface area contributed by atoms with E-state index < -0.39 is 65.9 Å². The van der Waals surface area contributed by atoms with Crippen LogP contribution in [0.1, 0.15) is 77.6 Å². The molecule has 3 rings (SSSR count). The zero-order valence-electron chi connectivity index (χ0n) is 27.4. The fourth-order valence-electron chi connectivity index (χ4n) is 4.97. The van der Waals surface area contributed by atoms with Gasteiger partial charge >= 0.3 is 12.1 Å². The standard InChI is InChI=1S/C34H47N3O8/c1-20-13-12-16-23(28(20)39)27(29(40)35-24(31(42)44-33(3,4)5)18-22-14-10-9-11-15-22)37(26-17-21(26)2)30(41)25(19-38)36-32(43)45-34(6,7)8/h9-16,21,24-27,38-39H,17-19H2,1-8H3,(H,35,40)(H,36,43). The summed E-state index contributed by atoms with van der Waals surface area (Å²) in [4.78, 5) is 55.8. The Kier molecular flexibility index (Phi) is 11.3. The van der Waals surface area contributed by atoms with Crippen LogP contribution in [0.25, 0.3) is 0 Å². The Hall–Kier alpha value is -4.12. The summed E-state index contributed by atoms with van der Waals surface area (Å²) in [7, 11) is 0. The minimum Gasteiger partial charge on any atom is -0.507 e. The van der Waals surface area contributed by atoms with Gasteiger partial charge in [-0.15, -0.1) is 0 Å². The molecule has 1 aliphatic carbocycles. The third-order valence-corrected chi connectivity index (χ3v) is 7.23. The number of aromatic hydroxyl groups is 1. The van der Waals surface area contributed by atoms with Crippen molar-refractivity contribution in [2.75, 3.05) is 6.61 Å². The number of aryl methyl sites for hydroxylation is 1. The van der Waals surface area contributed by atoms with E-state index in [-0.39, 0.29) is 23.7 Å². The number of aliphatic hydroxyl groups is 1. The summed E-state index contributed by atoms with van der Waals surface area (Å²) in [6.45, 7) is 13.0. The SMILES string of the molecule is Cc1cccc(C(C(=O)NC(Cc2ccccc2)C(=O)OC(C)(C)C)N(C(=O)C(CO)NC(=O)OC(C)(C)C)C2CC2C)c1O. The quantitative estimate of drug-likeness (QED) is 0.274. The van der Waals surface area contributed by atoms with Gasteiger partial charge in [0.1, 0.15) is 35.1 Å². The van der Waals surface area contributed by atoms with E-state index in [1.807, 2.05) is 37.3 Å². The molecule has 0 aliphatic heterocycles. The molecule has 0 radical (unpaired) electrons. The van der Waals surface area contributed by atoms with Crippen LogP contribution in [-0.2, 0) is 30.3 Å². The topological polar surface area (TPSA) is 154 Å². The second kappa shape index (κ2) is 14.3. The van der Waals surface area contributed by atoms with E-state index in [2.05, 4.69) is 10.6 Å². The van der Waals surface area contributed by atoms with Gasteiger partial charge < -0.3 is 35.2 Å². The van der Waals surface area contributed by atoms with Gasteiger partial charge in [0.2, 0.25) is 11.8 Å². The third-order valence-electron chi connectivity index (χ3n) is 7.23. The lowest BCUT2D eigenvalue weighted by atomic mass is 9.98. The normalized spacial score (nSPS) is 18.2. The molecule has 5 unspecified atom stereocenters. The van der Waals surface area contributed by atoms with Crippen molar-refractivity contribution < 1.29 is 38.9 Å². The first-order chi connectivity index (χ1) is 20.9. The molecule has 0 aromatic heterocycles. The third kappa shape index (κ3) is 9.94. The van der Waals surface area contributed by atoms with Crippen molar-refractivity contribution >= 4 is 23.9 Å². The molecule has 246 valence electrons. The summed E-state index contributed by atoms with van der Waals surface area (Å²) < 4.78 is 10.9. The summed E-state index contributed by atoms with van der Waals surface area (Å²) >= 11 is 0. The molecule has 5 atom stereocenters. The number of carbonyl (C=O) groups excluding carboxylic acids is 4. The number of para-hydroxylation sites is 1. The minimum absolute atomic E-state index is 0.0111. The maximum absolute atomic E-state index is 14.4. The van der Waals surface area contributed by atoms with Crippen LogP contribution < -0.4 is 10.6 Å². The summed E-state index contributed by atoms with van der Waals surface area (Å²) in [6.07, 6.45) is -0.251. The van der Waals surface area contributed by atoms with Crippen molar-refractivity contribution in [3.8, 4) is 5.75 Å². The number of benzene rings is 2. The Morgan fingerprint density at radius 2 is 1.51 bits per heavy atom. The van der Waals surface area contributed by atoms with Crippen LogP contribution in [0.15, 0.2) is 48.5 Å². The fourth-order valence-corrected chi connectivity index (χ4v) is 4.97. The summed E-state index contributed by atoms with van der Waals surface area (Å²) in [5.41, 5.74) is -0.313. The van der Waals surface area contributed by atoms with Gasteiger partial charge in [0, 0.05) is 18.0 Å². The van der Waals surface area contributed by atoms with Gasteiger partial charge in [0.25, 0.3) is 0 Å². The Balaban J connectivity index is 2.07. The van der Waals surface area contributed by atoms with Gasteiger partial charge in [0.05, 0.1) is 6.61 Å². The van der Waals surface area contributed by atoms with Crippen molar-refractivity contribution in [2.45, 2.75) is 104 Å². The molecule has 1 aliphatic rings. The number of ether oxygens (including phenoxy) is 2. The summed E-state index contributed by atoms with van der Waals surface area (Å²) in [5, 5.41) is 26.6. The van der Waals surface area contributed by atoms with Crippen LogP contribution in [-0.4, -0.2) is 74.9 Å². The molecular formula is C34H47N3O8. The smallest absolute Gasteiger partial charge is 0.408 e. The molecule has 2 aromatic carbocycles. The molecule has 11 nitrogen and oxygen atoms in total. The molecule has 1 saturated carbocycles. The highest BCUT2D eigenvalue weighted by molar-refractivity contribution is 5.95. The van der Waals surface area contributed by atoms with Gasteiger partial charge in [-0.25, -0.2) is 9.59 Å².